The van der Waals surface area contributed by atoms with E-state index in [9.17, 15) is 22.8 Å². The molecule has 0 radical (unpaired) electrons. The molecule has 0 saturated carbocycles. The maximum Gasteiger partial charge on any atom is 0.338 e. The normalized spacial score (nSPS) is 12.0. The molecule has 208 valence electrons. The number of aromatic nitrogens is 2. The molecule has 3 aromatic carbocycles. The summed E-state index contributed by atoms with van der Waals surface area (Å²) in [5.41, 5.74) is 0.355. The minimum absolute atomic E-state index is 0.0719. The molecule has 0 aliphatic rings. The molecular formula is C27H24Cl2N4O6S. The van der Waals surface area contributed by atoms with Gasteiger partial charge in [0.25, 0.3) is 21.5 Å². The number of esters is 1. The molecule has 10 nitrogen and oxygen atoms in total. The molecule has 1 heterocycles. The van der Waals surface area contributed by atoms with Crippen molar-refractivity contribution in [2.24, 2.45) is 7.05 Å². The predicted molar refractivity (Wildman–Crippen MR) is 153 cm³/mol. The Morgan fingerprint density at radius 2 is 1.65 bits per heavy atom. The van der Waals surface area contributed by atoms with Crippen LogP contribution in [0.25, 0.3) is 5.69 Å². The quantitative estimate of drug-likeness (QED) is 0.279. The number of amides is 1. The van der Waals surface area contributed by atoms with E-state index in [0.29, 0.717) is 22.1 Å². The summed E-state index contributed by atoms with van der Waals surface area (Å²) in [5, 5.41) is 2.92. The van der Waals surface area contributed by atoms with E-state index in [4.69, 9.17) is 27.9 Å². The van der Waals surface area contributed by atoms with Crippen molar-refractivity contribution in [2.45, 2.75) is 24.8 Å². The molecule has 1 amide bonds. The maximum atomic E-state index is 13.3. The Balaban J connectivity index is 1.56. The van der Waals surface area contributed by atoms with E-state index in [-0.39, 0.29) is 21.2 Å². The minimum atomic E-state index is -4.37. The monoisotopic (exact) mass is 602 g/mol. The number of ether oxygens (including phenoxy) is 1. The van der Waals surface area contributed by atoms with Crippen LogP contribution in [0, 0.1) is 6.92 Å². The van der Waals surface area contributed by atoms with Gasteiger partial charge in [-0.3, -0.25) is 19.0 Å². The number of carbonyl (C=O) groups is 2. The number of nitrogens with zero attached hydrogens (tertiary/aromatic N) is 2. The zero-order valence-corrected chi connectivity index (χ0v) is 23.8. The molecule has 0 bridgehead atoms. The van der Waals surface area contributed by atoms with Crippen LogP contribution in [0.4, 0.5) is 11.4 Å². The van der Waals surface area contributed by atoms with E-state index in [1.165, 1.54) is 28.4 Å². The maximum absolute atomic E-state index is 13.3. The number of anilines is 2. The third kappa shape index (κ3) is 6.22. The molecule has 0 spiro atoms. The van der Waals surface area contributed by atoms with Crippen LogP contribution < -0.4 is 15.6 Å². The lowest BCUT2D eigenvalue weighted by atomic mass is 10.2. The Morgan fingerprint density at radius 1 is 0.950 bits per heavy atom. The van der Waals surface area contributed by atoms with Gasteiger partial charge >= 0.3 is 5.97 Å². The van der Waals surface area contributed by atoms with Crippen LogP contribution in [0.5, 0.6) is 0 Å². The average molecular weight is 603 g/mol. The fourth-order valence-corrected chi connectivity index (χ4v) is 5.48. The first-order chi connectivity index (χ1) is 18.9. The molecule has 2 N–H and O–H groups in total. The smallest absolute Gasteiger partial charge is 0.338 e. The van der Waals surface area contributed by atoms with Crippen molar-refractivity contribution in [3.05, 3.63) is 104 Å². The summed E-state index contributed by atoms with van der Waals surface area (Å²) in [6, 6.07) is 18.5. The molecule has 1 aromatic heterocycles. The molecule has 4 aromatic rings. The molecule has 0 fully saturated rings. The van der Waals surface area contributed by atoms with Crippen LogP contribution in [0.1, 0.15) is 23.0 Å². The van der Waals surface area contributed by atoms with Crippen molar-refractivity contribution in [3.8, 4) is 5.69 Å². The summed E-state index contributed by atoms with van der Waals surface area (Å²) in [7, 11) is -2.75. The Kier molecular flexibility index (Phi) is 8.38. The van der Waals surface area contributed by atoms with E-state index in [1.807, 2.05) is 0 Å². The summed E-state index contributed by atoms with van der Waals surface area (Å²) >= 11 is 12.1. The number of para-hydroxylation sites is 1. The van der Waals surface area contributed by atoms with Crippen molar-refractivity contribution < 1.29 is 22.7 Å². The highest BCUT2D eigenvalue weighted by atomic mass is 35.5. The SMILES string of the molecule is Cc1c(NS(=O)(=O)c2cc(Cl)cc(C(=O)OC(C)C(=O)Nc3cccc(Cl)c3)c2)c(=O)n(-c2ccccc2)n1C. The van der Waals surface area contributed by atoms with Crippen molar-refractivity contribution in [1.82, 2.24) is 9.36 Å². The van der Waals surface area contributed by atoms with Gasteiger partial charge in [-0.1, -0.05) is 47.5 Å². The number of carbonyl (C=O) groups excluding carboxylic acids is 2. The summed E-state index contributed by atoms with van der Waals surface area (Å²) < 4.78 is 37.0. The molecule has 0 aliphatic heterocycles. The number of hydrogen-bond acceptors (Lipinski definition) is 6. The molecule has 0 saturated heterocycles. The lowest BCUT2D eigenvalue weighted by molar-refractivity contribution is -0.123. The number of hydrogen-bond donors (Lipinski definition) is 2. The number of rotatable bonds is 8. The van der Waals surface area contributed by atoms with Gasteiger partial charge in [0.1, 0.15) is 5.69 Å². The second-order valence-electron chi connectivity index (χ2n) is 8.76. The van der Waals surface area contributed by atoms with Gasteiger partial charge < -0.3 is 10.1 Å². The number of benzene rings is 3. The largest absolute Gasteiger partial charge is 0.449 e. The first kappa shape index (κ1) is 28.9. The number of nitrogens with one attached hydrogen (secondary N) is 2. The molecule has 0 aliphatic carbocycles. The van der Waals surface area contributed by atoms with Gasteiger partial charge in [0.15, 0.2) is 6.10 Å². The van der Waals surface area contributed by atoms with E-state index in [1.54, 1.807) is 62.5 Å². The Morgan fingerprint density at radius 3 is 2.33 bits per heavy atom. The zero-order valence-electron chi connectivity index (χ0n) is 21.5. The van der Waals surface area contributed by atoms with Gasteiger partial charge in [-0.25, -0.2) is 17.9 Å². The molecule has 1 unspecified atom stereocenters. The molecular weight excluding hydrogens is 579 g/mol. The summed E-state index contributed by atoms with van der Waals surface area (Å²) in [6.45, 7) is 2.95. The molecule has 40 heavy (non-hydrogen) atoms. The summed E-state index contributed by atoms with van der Waals surface area (Å²) in [5.74, 6) is -1.60. The predicted octanol–water partition coefficient (Wildman–Crippen LogP) is 4.78. The van der Waals surface area contributed by atoms with Crippen molar-refractivity contribution in [1.29, 1.82) is 0 Å². The fraction of sp³-hybridized carbons (Fsp3) is 0.148. The average Bonchev–Trinajstić information content (AvgIpc) is 3.11. The Bertz CT molecular complexity index is 1770. The van der Waals surface area contributed by atoms with E-state index in [0.717, 1.165) is 12.1 Å². The summed E-state index contributed by atoms with van der Waals surface area (Å²) in [4.78, 5) is 38.1. The standard InChI is InChI=1S/C27H24Cl2N4O6S/c1-16-24(26(35)33(32(16)3)22-10-5-4-6-11-22)31-40(37,38)23-13-18(12-20(29)15-23)27(36)39-17(2)25(34)30-21-9-7-8-19(28)14-21/h4-15,17,31H,1-3H3,(H,30,34). The number of halogens is 2. The summed E-state index contributed by atoms with van der Waals surface area (Å²) in [6.07, 6.45) is -1.23. The Labute approximate surface area is 240 Å². The van der Waals surface area contributed by atoms with Gasteiger partial charge in [0, 0.05) is 22.8 Å². The second-order valence-corrected chi connectivity index (χ2v) is 11.3. The highest BCUT2D eigenvalue weighted by molar-refractivity contribution is 7.92. The van der Waals surface area contributed by atoms with E-state index >= 15 is 0 Å². The van der Waals surface area contributed by atoms with Gasteiger partial charge in [0.05, 0.1) is 21.8 Å². The van der Waals surface area contributed by atoms with Crippen LogP contribution >= 0.6 is 23.2 Å². The van der Waals surface area contributed by atoms with Crippen LogP contribution in [0.2, 0.25) is 10.0 Å². The first-order valence-corrected chi connectivity index (χ1v) is 14.1. The zero-order chi connectivity index (χ0) is 29.2. The molecule has 1 atom stereocenters. The number of sulfonamides is 1. The third-order valence-electron chi connectivity index (χ3n) is 5.95. The first-order valence-electron chi connectivity index (χ1n) is 11.8. The highest BCUT2D eigenvalue weighted by Gasteiger charge is 2.25. The fourth-order valence-electron chi connectivity index (χ4n) is 3.81. The lowest BCUT2D eigenvalue weighted by Crippen LogP contribution is -2.30. The van der Waals surface area contributed by atoms with E-state index in [2.05, 4.69) is 10.0 Å². The van der Waals surface area contributed by atoms with Crippen LogP contribution in [-0.2, 0) is 26.6 Å². The van der Waals surface area contributed by atoms with Crippen LogP contribution in [0.15, 0.2) is 82.5 Å². The van der Waals surface area contributed by atoms with Gasteiger partial charge in [-0.05, 0) is 62.4 Å². The Hall–Kier alpha value is -4.06. The van der Waals surface area contributed by atoms with Crippen molar-refractivity contribution in [3.63, 3.8) is 0 Å². The van der Waals surface area contributed by atoms with Crippen molar-refractivity contribution >= 4 is 56.5 Å². The molecule has 13 heteroatoms. The van der Waals surface area contributed by atoms with Gasteiger partial charge in [-0.15, -0.1) is 0 Å². The van der Waals surface area contributed by atoms with Crippen LogP contribution in [0.3, 0.4) is 0 Å². The van der Waals surface area contributed by atoms with Gasteiger partial charge in [0.2, 0.25) is 0 Å². The van der Waals surface area contributed by atoms with Gasteiger partial charge in [-0.2, -0.15) is 0 Å². The van der Waals surface area contributed by atoms with Crippen LogP contribution in [-0.4, -0.2) is 35.8 Å². The third-order valence-corrected chi connectivity index (χ3v) is 7.74. The second kappa shape index (κ2) is 11.6. The highest BCUT2D eigenvalue weighted by Crippen LogP contribution is 2.24. The minimum Gasteiger partial charge on any atom is -0.449 e. The topological polar surface area (TPSA) is 128 Å². The van der Waals surface area contributed by atoms with Crippen molar-refractivity contribution in [2.75, 3.05) is 10.0 Å². The lowest BCUT2D eigenvalue weighted by Gasteiger charge is -2.14. The van der Waals surface area contributed by atoms with E-state index < -0.39 is 33.6 Å². The molecule has 4 rings (SSSR count).